The number of hydrogen-bond donors (Lipinski definition) is 0. The summed E-state index contributed by atoms with van der Waals surface area (Å²) in [7, 11) is 1.60. The fraction of sp³-hybridized carbons (Fsp3) is 0.158. The molecule has 3 aromatic rings. The molecule has 0 amide bonds. The third kappa shape index (κ3) is 3.46. The summed E-state index contributed by atoms with van der Waals surface area (Å²) in [5, 5.41) is 0.492. The van der Waals surface area contributed by atoms with Crippen molar-refractivity contribution in [1.82, 2.24) is 4.98 Å². The van der Waals surface area contributed by atoms with Crippen LogP contribution in [0.1, 0.15) is 22.3 Å². The molecule has 0 bridgehead atoms. The number of thiazole rings is 1. The first-order valence-corrected chi connectivity index (χ1v) is 8.41. The van der Waals surface area contributed by atoms with Crippen LogP contribution in [0.2, 0.25) is 0 Å². The Bertz CT molecular complexity index is 866. The standard InChI is InChI=1S/C19H17NO3S/c1-3-23-17-12-13(9-11-16(17)22-2)8-10-15(21)19-20-14-6-4-5-7-18(14)24-19/h4-12H,3H2,1-2H3/b10-8+. The normalized spacial score (nSPS) is 11.1. The van der Waals surface area contributed by atoms with Crippen LogP contribution in [-0.2, 0) is 0 Å². The predicted octanol–water partition coefficient (Wildman–Crippen LogP) is 4.60. The third-order valence-corrected chi connectivity index (χ3v) is 4.47. The minimum absolute atomic E-state index is 0.107. The highest BCUT2D eigenvalue weighted by molar-refractivity contribution is 7.20. The van der Waals surface area contributed by atoms with E-state index >= 15 is 0 Å². The molecule has 0 spiro atoms. The van der Waals surface area contributed by atoms with E-state index in [9.17, 15) is 4.79 Å². The Morgan fingerprint density at radius 3 is 2.79 bits per heavy atom. The molecule has 4 nitrogen and oxygen atoms in total. The third-order valence-electron chi connectivity index (χ3n) is 3.42. The fourth-order valence-electron chi connectivity index (χ4n) is 2.29. The summed E-state index contributed by atoms with van der Waals surface area (Å²) < 4.78 is 11.8. The number of allylic oxidation sites excluding steroid dienone is 1. The maximum Gasteiger partial charge on any atom is 0.214 e. The molecule has 122 valence electrons. The van der Waals surface area contributed by atoms with E-state index in [4.69, 9.17) is 9.47 Å². The number of ether oxygens (including phenoxy) is 2. The van der Waals surface area contributed by atoms with Gasteiger partial charge in [0.25, 0.3) is 0 Å². The molecule has 0 atom stereocenters. The first-order chi connectivity index (χ1) is 11.7. The summed E-state index contributed by atoms with van der Waals surface area (Å²) in [4.78, 5) is 16.7. The number of rotatable bonds is 6. The van der Waals surface area contributed by atoms with E-state index in [0.29, 0.717) is 23.1 Å². The lowest BCUT2D eigenvalue weighted by Crippen LogP contribution is -1.96. The zero-order valence-corrected chi connectivity index (χ0v) is 14.3. The number of aromatic nitrogens is 1. The molecule has 0 unspecified atom stereocenters. The second kappa shape index (κ2) is 7.27. The smallest absolute Gasteiger partial charge is 0.214 e. The largest absolute Gasteiger partial charge is 0.493 e. The number of benzene rings is 2. The van der Waals surface area contributed by atoms with E-state index in [1.165, 1.54) is 17.4 Å². The molecular formula is C19H17NO3S. The van der Waals surface area contributed by atoms with Gasteiger partial charge in [-0.25, -0.2) is 4.98 Å². The van der Waals surface area contributed by atoms with E-state index in [1.54, 1.807) is 13.2 Å². The number of ketones is 1. The molecule has 0 aliphatic heterocycles. The Labute approximate surface area is 144 Å². The van der Waals surface area contributed by atoms with Gasteiger partial charge in [0.1, 0.15) is 0 Å². The van der Waals surface area contributed by atoms with Gasteiger partial charge in [-0.1, -0.05) is 24.3 Å². The summed E-state index contributed by atoms with van der Waals surface area (Å²) in [5.74, 6) is 1.23. The highest BCUT2D eigenvalue weighted by Gasteiger charge is 2.09. The Morgan fingerprint density at radius 2 is 2.04 bits per heavy atom. The number of nitrogens with zero attached hydrogens (tertiary/aromatic N) is 1. The SMILES string of the molecule is CCOc1cc(/C=C/C(=O)c2nc3ccccc3s2)ccc1OC. The Kier molecular flexibility index (Phi) is 4.91. The van der Waals surface area contributed by atoms with Crippen molar-refractivity contribution in [2.45, 2.75) is 6.92 Å². The highest BCUT2D eigenvalue weighted by atomic mass is 32.1. The van der Waals surface area contributed by atoms with Gasteiger partial charge in [-0.05, 0) is 42.8 Å². The maximum absolute atomic E-state index is 12.3. The molecule has 0 N–H and O–H groups in total. The quantitative estimate of drug-likeness (QED) is 0.486. The first kappa shape index (κ1) is 16.2. The molecule has 2 aromatic carbocycles. The van der Waals surface area contributed by atoms with Gasteiger partial charge in [0.15, 0.2) is 16.5 Å². The molecule has 3 rings (SSSR count). The lowest BCUT2D eigenvalue weighted by molar-refractivity contribution is 0.104. The van der Waals surface area contributed by atoms with Gasteiger partial charge in [0.05, 0.1) is 23.9 Å². The average molecular weight is 339 g/mol. The van der Waals surface area contributed by atoms with Crippen LogP contribution >= 0.6 is 11.3 Å². The lowest BCUT2D eigenvalue weighted by Gasteiger charge is -2.09. The molecule has 0 radical (unpaired) electrons. The number of carbonyl (C=O) groups excluding carboxylic acids is 1. The van der Waals surface area contributed by atoms with Crippen LogP contribution in [0.5, 0.6) is 11.5 Å². The second-order valence-electron chi connectivity index (χ2n) is 5.03. The predicted molar refractivity (Wildman–Crippen MR) is 97.1 cm³/mol. The van der Waals surface area contributed by atoms with Crippen LogP contribution in [0, 0.1) is 0 Å². The minimum atomic E-state index is -0.107. The van der Waals surface area contributed by atoms with Gasteiger partial charge in [-0.2, -0.15) is 0 Å². The lowest BCUT2D eigenvalue weighted by atomic mass is 10.1. The minimum Gasteiger partial charge on any atom is -0.493 e. The molecular weight excluding hydrogens is 322 g/mol. The molecule has 0 fully saturated rings. The summed E-state index contributed by atoms with van der Waals surface area (Å²) in [5.41, 5.74) is 1.72. The van der Waals surface area contributed by atoms with Crippen molar-refractivity contribution in [3.05, 3.63) is 59.1 Å². The second-order valence-corrected chi connectivity index (χ2v) is 6.06. The zero-order chi connectivity index (χ0) is 16.9. The Balaban J connectivity index is 1.81. The topological polar surface area (TPSA) is 48.4 Å². The van der Waals surface area contributed by atoms with E-state index in [1.807, 2.05) is 49.4 Å². The van der Waals surface area contributed by atoms with Gasteiger partial charge in [-0.3, -0.25) is 4.79 Å². The van der Waals surface area contributed by atoms with Crippen LogP contribution in [0.4, 0.5) is 0 Å². The molecule has 0 aliphatic rings. The van der Waals surface area contributed by atoms with Crippen LogP contribution in [-0.4, -0.2) is 24.5 Å². The molecule has 5 heteroatoms. The highest BCUT2D eigenvalue weighted by Crippen LogP contribution is 2.28. The van der Waals surface area contributed by atoms with Crippen LogP contribution in [0.25, 0.3) is 16.3 Å². The van der Waals surface area contributed by atoms with Crippen molar-refractivity contribution in [2.75, 3.05) is 13.7 Å². The van der Waals surface area contributed by atoms with Crippen molar-refractivity contribution >= 4 is 33.4 Å². The van der Waals surface area contributed by atoms with Gasteiger partial charge >= 0.3 is 0 Å². The van der Waals surface area contributed by atoms with Crippen molar-refractivity contribution in [1.29, 1.82) is 0 Å². The van der Waals surface area contributed by atoms with Gasteiger partial charge in [0, 0.05) is 0 Å². The van der Waals surface area contributed by atoms with Crippen LogP contribution in [0.3, 0.4) is 0 Å². The van der Waals surface area contributed by atoms with E-state index in [0.717, 1.165) is 15.8 Å². The van der Waals surface area contributed by atoms with E-state index in [-0.39, 0.29) is 5.78 Å². The summed E-state index contributed by atoms with van der Waals surface area (Å²) in [6, 6.07) is 13.3. The van der Waals surface area contributed by atoms with Crippen molar-refractivity contribution in [3.8, 4) is 11.5 Å². The Hall–Kier alpha value is -2.66. The fourth-order valence-corrected chi connectivity index (χ4v) is 3.17. The monoisotopic (exact) mass is 339 g/mol. The first-order valence-electron chi connectivity index (χ1n) is 7.60. The molecule has 1 heterocycles. The van der Waals surface area contributed by atoms with Gasteiger partial charge in [0.2, 0.25) is 5.78 Å². The Morgan fingerprint density at radius 1 is 1.21 bits per heavy atom. The van der Waals surface area contributed by atoms with Gasteiger partial charge in [-0.15, -0.1) is 11.3 Å². The van der Waals surface area contributed by atoms with E-state index in [2.05, 4.69) is 4.98 Å². The van der Waals surface area contributed by atoms with E-state index < -0.39 is 0 Å². The number of hydrogen-bond acceptors (Lipinski definition) is 5. The molecule has 1 aromatic heterocycles. The van der Waals surface area contributed by atoms with Crippen molar-refractivity contribution in [3.63, 3.8) is 0 Å². The van der Waals surface area contributed by atoms with Crippen LogP contribution < -0.4 is 9.47 Å². The maximum atomic E-state index is 12.3. The zero-order valence-electron chi connectivity index (χ0n) is 13.5. The number of methoxy groups -OCH3 is 1. The molecule has 0 saturated carbocycles. The van der Waals surface area contributed by atoms with Gasteiger partial charge < -0.3 is 9.47 Å². The number of fused-ring (bicyclic) bond motifs is 1. The average Bonchev–Trinajstić information content (AvgIpc) is 3.04. The summed E-state index contributed by atoms with van der Waals surface area (Å²) in [6.45, 7) is 2.47. The van der Waals surface area contributed by atoms with Crippen molar-refractivity contribution < 1.29 is 14.3 Å². The summed E-state index contributed by atoms with van der Waals surface area (Å²) in [6.07, 6.45) is 3.30. The molecule has 24 heavy (non-hydrogen) atoms. The number of para-hydroxylation sites is 1. The number of carbonyl (C=O) groups is 1. The molecule has 0 aliphatic carbocycles. The van der Waals surface area contributed by atoms with Crippen molar-refractivity contribution in [2.24, 2.45) is 0 Å². The van der Waals surface area contributed by atoms with Crippen LogP contribution in [0.15, 0.2) is 48.5 Å². The summed E-state index contributed by atoms with van der Waals surface area (Å²) >= 11 is 1.40. The molecule has 0 saturated heterocycles.